The van der Waals surface area contributed by atoms with Crippen LogP contribution in [0.15, 0.2) is 0 Å². The molecule has 1 atom stereocenters. The lowest BCUT2D eigenvalue weighted by Crippen LogP contribution is -2.43. The van der Waals surface area contributed by atoms with E-state index in [1.54, 1.807) is 0 Å². The third-order valence-electron chi connectivity index (χ3n) is 2.44. The van der Waals surface area contributed by atoms with E-state index in [2.05, 4.69) is 33.0 Å². The van der Waals surface area contributed by atoms with E-state index in [4.69, 9.17) is 5.11 Å². The van der Waals surface area contributed by atoms with Gasteiger partial charge < -0.3 is 10.4 Å². The summed E-state index contributed by atoms with van der Waals surface area (Å²) in [6.07, 6.45) is 2.28. The van der Waals surface area contributed by atoms with E-state index in [0.717, 1.165) is 12.8 Å². The van der Waals surface area contributed by atoms with Crippen molar-refractivity contribution in [1.29, 1.82) is 0 Å². The summed E-state index contributed by atoms with van der Waals surface area (Å²) in [5.41, 5.74) is 0. The summed E-state index contributed by atoms with van der Waals surface area (Å²) in [5, 5.41) is 12.5. The number of rotatable bonds is 6. The first kappa shape index (κ1) is 11.9. The molecule has 0 amide bonds. The van der Waals surface area contributed by atoms with Crippen LogP contribution in [0.5, 0.6) is 0 Å². The monoisotopic (exact) mass is 173 g/mol. The Morgan fingerprint density at radius 2 is 1.67 bits per heavy atom. The molecule has 0 rings (SSSR count). The van der Waals surface area contributed by atoms with Crippen LogP contribution in [0.4, 0.5) is 0 Å². The van der Waals surface area contributed by atoms with Gasteiger partial charge in [0.15, 0.2) is 0 Å². The Balaban J connectivity index is 3.82. The lowest BCUT2D eigenvalue weighted by atomic mass is 10.0. The number of nitrogens with one attached hydrogen (secondary N) is 1. The topological polar surface area (TPSA) is 32.3 Å². The van der Waals surface area contributed by atoms with E-state index in [0.29, 0.717) is 12.0 Å². The smallest absolute Gasteiger partial charge is 0.0587 e. The molecule has 0 aromatic rings. The van der Waals surface area contributed by atoms with E-state index in [1.807, 2.05) is 0 Å². The molecule has 0 radical (unpaired) electrons. The van der Waals surface area contributed by atoms with Gasteiger partial charge in [0.2, 0.25) is 0 Å². The number of aliphatic hydroxyl groups is 1. The normalized spacial score (nSPS) is 14.2. The molecule has 0 spiro atoms. The summed E-state index contributed by atoms with van der Waals surface area (Å²) in [4.78, 5) is 0. The first-order valence-corrected chi connectivity index (χ1v) is 5.02. The van der Waals surface area contributed by atoms with Gasteiger partial charge in [-0.05, 0) is 18.8 Å². The largest absolute Gasteiger partial charge is 0.395 e. The fourth-order valence-electron chi connectivity index (χ4n) is 1.28. The molecule has 0 aromatic heterocycles. The van der Waals surface area contributed by atoms with Crippen molar-refractivity contribution in [3.8, 4) is 0 Å². The predicted molar refractivity (Wildman–Crippen MR) is 53.2 cm³/mol. The van der Waals surface area contributed by atoms with E-state index in [-0.39, 0.29) is 12.6 Å². The highest BCUT2D eigenvalue weighted by atomic mass is 16.3. The van der Waals surface area contributed by atoms with Crippen LogP contribution in [0.3, 0.4) is 0 Å². The van der Waals surface area contributed by atoms with Gasteiger partial charge >= 0.3 is 0 Å². The van der Waals surface area contributed by atoms with Crippen LogP contribution in [-0.4, -0.2) is 23.8 Å². The molecule has 0 saturated heterocycles. The highest BCUT2D eigenvalue weighted by Gasteiger charge is 2.14. The molecular weight excluding hydrogens is 150 g/mol. The molecule has 0 aliphatic carbocycles. The fraction of sp³-hybridized carbons (Fsp3) is 1.00. The summed E-state index contributed by atoms with van der Waals surface area (Å²) in [6, 6.07) is 0.819. The van der Waals surface area contributed by atoms with Gasteiger partial charge in [-0.1, -0.05) is 27.7 Å². The Kier molecular flexibility index (Phi) is 6.39. The average Bonchev–Trinajstić information content (AvgIpc) is 2.06. The maximum Gasteiger partial charge on any atom is 0.0587 e. The lowest BCUT2D eigenvalue weighted by Gasteiger charge is -2.25. The molecular formula is C10H23NO. The molecule has 1 unspecified atom stereocenters. The third kappa shape index (κ3) is 4.07. The number of hydrogen-bond donors (Lipinski definition) is 2. The summed E-state index contributed by atoms with van der Waals surface area (Å²) in [7, 11) is 0. The van der Waals surface area contributed by atoms with Gasteiger partial charge in [0.1, 0.15) is 0 Å². The van der Waals surface area contributed by atoms with Crippen molar-refractivity contribution in [2.75, 3.05) is 6.61 Å². The maximum absolute atomic E-state index is 9.07. The van der Waals surface area contributed by atoms with Crippen LogP contribution >= 0.6 is 0 Å². The second kappa shape index (κ2) is 6.44. The third-order valence-corrected chi connectivity index (χ3v) is 2.44. The van der Waals surface area contributed by atoms with E-state index in [9.17, 15) is 0 Å². The standard InChI is InChI=1S/C10H23NO/c1-5-9(6-2)11-10(7-12)8(3)4/h8-12H,5-7H2,1-4H3. The van der Waals surface area contributed by atoms with Crippen molar-refractivity contribution in [3.05, 3.63) is 0 Å². The van der Waals surface area contributed by atoms with Crippen molar-refractivity contribution in [1.82, 2.24) is 5.32 Å². The van der Waals surface area contributed by atoms with Gasteiger partial charge in [0.25, 0.3) is 0 Å². The first-order valence-electron chi connectivity index (χ1n) is 5.02. The average molecular weight is 173 g/mol. The van der Waals surface area contributed by atoms with Crippen LogP contribution in [-0.2, 0) is 0 Å². The summed E-state index contributed by atoms with van der Waals surface area (Å²) in [6.45, 7) is 8.87. The molecule has 0 aliphatic rings. The van der Waals surface area contributed by atoms with Gasteiger partial charge in [0.05, 0.1) is 6.61 Å². The number of hydrogen-bond acceptors (Lipinski definition) is 2. The van der Waals surface area contributed by atoms with Gasteiger partial charge in [-0.3, -0.25) is 0 Å². The van der Waals surface area contributed by atoms with Crippen molar-refractivity contribution < 1.29 is 5.11 Å². The van der Waals surface area contributed by atoms with Crippen LogP contribution in [0.25, 0.3) is 0 Å². The van der Waals surface area contributed by atoms with Crippen LogP contribution in [0.2, 0.25) is 0 Å². The molecule has 12 heavy (non-hydrogen) atoms. The Labute approximate surface area is 76.4 Å². The van der Waals surface area contributed by atoms with Gasteiger partial charge in [-0.15, -0.1) is 0 Å². The van der Waals surface area contributed by atoms with Crippen LogP contribution in [0.1, 0.15) is 40.5 Å². The quantitative estimate of drug-likeness (QED) is 0.641. The predicted octanol–water partition coefficient (Wildman–Crippen LogP) is 1.78. The van der Waals surface area contributed by atoms with Crippen molar-refractivity contribution in [2.24, 2.45) is 5.92 Å². The maximum atomic E-state index is 9.07. The minimum atomic E-state index is 0.244. The van der Waals surface area contributed by atoms with Crippen LogP contribution in [0, 0.1) is 5.92 Å². The Morgan fingerprint density at radius 3 is 1.92 bits per heavy atom. The molecule has 2 nitrogen and oxygen atoms in total. The van der Waals surface area contributed by atoms with Gasteiger partial charge in [-0.2, -0.15) is 0 Å². The highest BCUT2D eigenvalue weighted by molar-refractivity contribution is 4.74. The molecule has 2 heteroatoms. The minimum Gasteiger partial charge on any atom is -0.395 e. The van der Waals surface area contributed by atoms with Crippen molar-refractivity contribution in [3.63, 3.8) is 0 Å². The molecule has 0 heterocycles. The second-order valence-electron chi connectivity index (χ2n) is 3.71. The molecule has 0 aliphatic heterocycles. The highest BCUT2D eigenvalue weighted by Crippen LogP contribution is 2.05. The summed E-state index contributed by atoms with van der Waals surface area (Å²) < 4.78 is 0. The zero-order valence-electron chi connectivity index (χ0n) is 8.80. The zero-order valence-corrected chi connectivity index (χ0v) is 8.80. The number of aliphatic hydroxyl groups excluding tert-OH is 1. The second-order valence-corrected chi connectivity index (χ2v) is 3.71. The molecule has 0 aromatic carbocycles. The van der Waals surface area contributed by atoms with E-state index >= 15 is 0 Å². The molecule has 2 N–H and O–H groups in total. The molecule has 0 saturated carbocycles. The Bertz CT molecular complexity index is 100. The van der Waals surface area contributed by atoms with Gasteiger partial charge in [0, 0.05) is 12.1 Å². The summed E-state index contributed by atoms with van der Waals surface area (Å²) >= 11 is 0. The molecule has 0 bridgehead atoms. The van der Waals surface area contributed by atoms with Crippen LogP contribution < -0.4 is 5.32 Å². The van der Waals surface area contributed by atoms with E-state index in [1.165, 1.54) is 0 Å². The minimum absolute atomic E-state index is 0.244. The van der Waals surface area contributed by atoms with Crippen molar-refractivity contribution >= 4 is 0 Å². The molecule has 74 valence electrons. The van der Waals surface area contributed by atoms with Crippen molar-refractivity contribution in [2.45, 2.75) is 52.6 Å². The summed E-state index contributed by atoms with van der Waals surface area (Å²) in [5.74, 6) is 0.510. The fourth-order valence-corrected chi connectivity index (χ4v) is 1.28. The lowest BCUT2D eigenvalue weighted by molar-refractivity contribution is 0.196. The first-order chi connectivity index (χ1) is 5.65. The Hall–Kier alpha value is -0.0800. The van der Waals surface area contributed by atoms with Gasteiger partial charge in [-0.25, -0.2) is 0 Å². The Morgan fingerprint density at radius 1 is 1.17 bits per heavy atom. The molecule has 0 fully saturated rings. The zero-order chi connectivity index (χ0) is 9.56. The van der Waals surface area contributed by atoms with E-state index < -0.39 is 0 Å². The SMILES string of the molecule is CCC(CC)NC(CO)C(C)C.